The number of hydrogen-bond donors (Lipinski definition) is 1. The van der Waals surface area contributed by atoms with E-state index >= 15 is 0 Å². The summed E-state index contributed by atoms with van der Waals surface area (Å²) in [7, 11) is 0. The third-order valence-corrected chi connectivity index (χ3v) is 6.01. The van der Waals surface area contributed by atoms with Gasteiger partial charge >= 0.3 is 0 Å². The van der Waals surface area contributed by atoms with E-state index in [9.17, 15) is 4.79 Å². The van der Waals surface area contributed by atoms with Crippen LogP contribution in [0.4, 0.5) is 0 Å². The zero-order valence-corrected chi connectivity index (χ0v) is 13.2. The van der Waals surface area contributed by atoms with Crippen molar-refractivity contribution in [1.82, 2.24) is 15.1 Å². The van der Waals surface area contributed by atoms with E-state index in [0.717, 1.165) is 32.1 Å². The second kappa shape index (κ2) is 5.71. The van der Waals surface area contributed by atoms with E-state index in [-0.39, 0.29) is 5.91 Å². The zero-order chi connectivity index (χ0) is 14.2. The molecule has 0 radical (unpaired) electrons. The molecule has 2 aliphatic heterocycles. The van der Waals surface area contributed by atoms with Crippen molar-refractivity contribution in [3.63, 3.8) is 0 Å². The number of hydrogen-bond acceptors (Lipinski definition) is 4. The maximum Gasteiger partial charge on any atom is 0.236 e. The van der Waals surface area contributed by atoms with Crippen LogP contribution < -0.4 is 5.32 Å². The third kappa shape index (κ3) is 3.00. The molecule has 1 saturated heterocycles. The first kappa shape index (κ1) is 13.7. The normalized spacial score (nSPS) is 26.1. The molecule has 0 bridgehead atoms. The van der Waals surface area contributed by atoms with E-state index in [4.69, 9.17) is 0 Å². The molecule has 114 valence electrons. The molecule has 1 aliphatic carbocycles. The molecule has 1 aromatic rings. The largest absolute Gasteiger partial charge is 0.337 e. The van der Waals surface area contributed by atoms with E-state index in [1.54, 1.807) is 0 Å². The van der Waals surface area contributed by atoms with Crippen LogP contribution in [0.3, 0.4) is 0 Å². The van der Waals surface area contributed by atoms with Gasteiger partial charge in [0, 0.05) is 43.1 Å². The molecule has 4 rings (SSSR count). The van der Waals surface area contributed by atoms with Crippen LogP contribution in [-0.2, 0) is 17.8 Å². The molecule has 0 aromatic carbocycles. The minimum absolute atomic E-state index is 0.261. The lowest BCUT2D eigenvalue weighted by Crippen LogP contribution is -2.44. The fourth-order valence-corrected chi connectivity index (χ4v) is 4.42. The number of amides is 1. The Morgan fingerprint density at radius 3 is 3.10 bits per heavy atom. The molecule has 1 amide bonds. The van der Waals surface area contributed by atoms with Crippen molar-refractivity contribution in [2.24, 2.45) is 0 Å². The lowest BCUT2D eigenvalue weighted by atomic mass is 10.1. The molecule has 4 nitrogen and oxygen atoms in total. The number of rotatable bonds is 4. The van der Waals surface area contributed by atoms with Crippen LogP contribution in [-0.4, -0.2) is 54.0 Å². The minimum Gasteiger partial charge on any atom is -0.337 e. The van der Waals surface area contributed by atoms with Gasteiger partial charge in [-0.3, -0.25) is 9.69 Å². The summed E-state index contributed by atoms with van der Waals surface area (Å²) < 4.78 is 0. The summed E-state index contributed by atoms with van der Waals surface area (Å²) in [5.74, 6) is 0.261. The first-order valence-electron chi connectivity index (χ1n) is 8.10. The molecular formula is C16H23N3OS. The Balaban J connectivity index is 1.25. The van der Waals surface area contributed by atoms with Crippen molar-refractivity contribution >= 4 is 17.2 Å². The molecule has 1 unspecified atom stereocenters. The molecule has 1 saturated carbocycles. The van der Waals surface area contributed by atoms with Gasteiger partial charge in [0.1, 0.15) is 0 Å². The average Bonchev–Trinajstić information content (AvgIpc) is 3.07. The van der Waals surface area contributed by atoms with E-state index in [0.29, 0.717) is 12.6 Å². The zero-order valence-electron chi connectivity index (χ0n) is 12.4. The molecular weight excluding hydrogens is 282 g/mol. The van der Waals surface area contributed by atoms with Gasteiger partial charge in [0.15, 0.2) is 0 Å². The summed E-state index contributed by atoms with van der Waals surface area (Å²) in [6, 6.07) is 3.53. The maximum atomic E-state index is 12.4. The third-order valence-electron chi connectivity index (χ3n) is 4.99. The van der Waals surface area contributed by atoms with Crippen LogP contribution in [0.15, 0.2) is 11.4 Å². The van der Waals surface area contributed by atoms with Gasteiger partial charge in [-0.05, 0) is 42.7 Å². The fraction of sp³-hybridized carbons (Fsp3) is 0.688. The molecule has 5 heteroatoms. The predicted molar refractivity (Wildman–Crippen MR) is 84.4 cm³/mol. The second-order valence-electron chi connectivity index (χ2n) is 6.53. The van der Waals surface area contributed by atoms with Crippen LogP contribution in [0, 0.1) is 0 Å². The Labute approximate surface area is 130 Å². The number of fused-ring (bicyclic) bond motifs is 1. The van der Waals surface area contributed by atoms with E-state index in [2.05, 4.69) is 21.7 Å². The SMILES string of the molecule is O=C(CNC1CCN(C2CC2)C1)N1CCc2sccc2C1. The van der Waals surface area contributed by atoms with Crippen molar-refractivity contribution in [1.29, 1.82) is 0 Å². The van der Waals surface area contributed by atoms with Crippen LogP contribution in [0.5, 0.6) is 0 Å². The quantitative estimate of drug-likeness (QED) is 0.915. The lowest BCUT2D eigenvalue weighted by molar-refractivity contribution is -0.131. The van der Waals surface area contributed by atoms with E-state index in [1.807, 2.05) is 16.2 Å². The first-order chi connectivity index (χ1) is 10.3. The standard InChI is InChI=1S/C16H23N3OS/c20-16(19-7-4-15-12(10-19)5-8-21-15)9-17-13-3-6-18(11-13)14-1-2-14/h5,8,13-14,17H,1-4,6-7,9-11H2. The summed E-state index contributed by atoms with van der Waals surface area (Å²) in [4.78, 5) is 18.4. The highest BCUT2D eigenvalue weighted by atomic mass is 32.1. The minimum atomic E-state index is 0.261. The van der Waals surface area contributed by atoms with Gasteiger partial charge in [0.25, 0.3) is 0 Å². The molecule has 2 fully saturated rings. The van der Waals surface area contributed by atoms with Crippen LogP contribution in [0.25, 0.3) is 0 Å². The van der Waals surface area contributed by atoms with Gasteiger partial charge < -0.3 is 10.2 Å². The summed E-state index contributed by atoms with van der Waals surface area (Å²) in [5, 5.41) is 5.62. The first-order valence-corrected chi connectivity index (χ1v) is 8.98. The lowest BCUT2D eigenvalue weighted by Gasteiger charge is -2.27. The number of carbonyl (C=O) groups is 1. The Morgan fingerprint density at radius 2 is 2.24 bits per heavy atom. The Kier molecular flexibility index (Phi) is 3.73. The van der Waals surface area contributed by atoms with E-state index < -0.39 is 0 Å². The van der Waals surface area contributed by atoms with Gasteiger partial charge in [0.2, 0.25) is 5.91 Å². The molecule has 1 aromatic heterocycles. The maximum absolute atomic E-state index is 12.4. The van der Waals surface area contributed by atoms with Crippen molar-refractivity contribution in [3.05, 3.63) is 21.9 Å². The molecule has 1 N–H and O–H groups in total. The van der Waals surface area contributed by atoms with Crippen LogP contribution in [0.1, 0.15) is 29.7 Å². The van der Waals surface area contributed by atoms with Crippen molar-refractivity contribution in [2.75, 3.05) is 26.2 Å². The number of carbonyl (C=O) groups excluding carboxylic acids is 1. The van der Waals surface area contributed by atoms with Crippen LogP contribution in [0.2, 0.25) is 0 Å². The monoisotopic (exact) mass is 305 g/mol. The Bertz CT molecular complexity index is 525. The summed E-state index contributed by atoms with van der Waals surface area (Å²) >= 11 is 1.82. The fourth-order valence-electron chi connectivity index (χ4n) is 3.53. The van der Waals surface area contributed by atoms with Gasteiger partial charge in [-0.1, -0.05) is 0 Å². The summed E-state index contributed by atoms with van der Waals surface area (Å²) in [6.07, 6.45) is 4.97. The molecule has 0 spiro atoms. The van der Waals surface area contributed by atoms with Gasteiger partial charge in [-0.2, -0.15) is 0 Å². The second-order valence-corrected chi connectivity index (χ2v) is 7.53. The summed E-state index contributed by atoms with van der Waals surface area (Å²) in [6.45, 7) is 4.53. The predicted octanol–water partition coefficient (Wildman–Crippen LogP) is 1.46. The number of likely N-dealkylation sites (tertiary alicyclic amines) is 1. The Hall–Kier alpha value is -0.910. The van der Waals surface area contributed by atoms with Crippen molar-refractivity contribution in [3.8, 4) is 0 Å². The molecule has 3 heterocycles. The van der Waals surface area contributed by atoms with Gasteiger partial charge in [-0.15, -0.1) is 11.3 Å². The number of nitrogens with zero attached hydrogens (tertiary/aromatic N) is 2. The average molecular weight is 305 g/mol. The highest BCUT2D eigenvalue weighted by Crippen LogP contribution is 2.29. The highest BCUT2D eigenvalue weighted by molar-refractivity contribution is 7.10. The van der Waals surface area contributed by atoms with Crippen molar-refractivity contribution < 1.29 is 4.79 Å². The smallest absolute Gasteiger partial charge is 0.236 e. The number of nitrogens with one attached hydrogen (secondary N) is 1. The highest BCUT2D eigenvalue weighted by Gasteiger charge is 2.34. The summed E-state index contributed by atoms with van der Waals surface area (Å²) in [5.41, 5.74) is 1.35. The van der Waals surface area contributed by atoms with E-state index in [1.165, 1.54) is 36.2 Å². The Morgan fingerprint density at radius 1 is 1.33 bits per heavy atom. The van der Waals surface area contributed by atoms with Gasteiger partial charge in [-0.25, -0.2) is 0 Å². The van der Waals surface area contributed by atoms with Gasteiger partial charge in [0.05, 0.1) is 6.54 Å². The molecule has 3 aliphatic rings. The molecule has 21 heavy (non-hydrogen) atoms. The number of thiophene rings is 1. The van der Waals surface area contributed by atoms with Crippen molar-refractivity contribution in [2.45, 2.75) is 44.3 Å². The molecule has 1 atom stereocenters. The topological polar surface area (TPSA) is 35.6 Å². The van der Waals surface area contributed by atoms with Crippen LogP contribution >= 0.6 is 11.3 Å².